The molecule has 1 fully saturated rings. The lowest BCUT2D eigenvalue weighted by Gasteiger charge is -2.29. The van der Waals surface area contributed by atoms with E-state index in [1.807, 2.05) is 36.4 Å². The fourth-order valence-corrected chi connectivity index (χ4v) is 6.89. The van der Waals surface area contributed by atoms with Crippen molar-refractivity contribution in [1.29, 1.82) is 0 Å². The number of anilines is 2. The van der Waals surface area contributed by atoms with Gasteiger partial charge in [-0.15, -0.1) is 0 Å². The maximum Gasteiger partial charge on any atom is 0.417 e. The van der Waals surface area contributed by atoms with Crippen LogP contribution in [-0.4, -0.2) is 52.5 Å². The van der Waals surface area contributed by atoms with Crippen LogP contribution in [0.25, 0.3) is 11.0 Å². The summed E-state index contributed by atoms with van der Waals surface area (Å²) >= 11 is 5.73. The SMILES string of the molecule is O=C(Nc1ccc(N2CCCCC2)cc1C(=O)N/N=C/c1ccc(Cl)c(C(F)(F)F)c1)c1cccc(CN2CCc3nc4ncccc4cc3C2)c1. The molecule has 13 heteroatoms. The first-order valence-electron chi connectivity index (χ1n) is 17.1. The predicted octanol–water partition coefficient (Wildman–Crippen LogP) is 7.87. The van der Waals surface area contributed by atoms with Gasteiger partial charge >= 0.3 is 6.18 Å². The van der Waals surface area contributed by atoms with E-state index < -0.39 is 28.6 Å². The van der Waals surface area contributed by atoms with Crippen molar-refractivity contribution in [2.75, 3.05) is 29.9 Å². The van der Waals surface area contributed by atoms with Gasteiger partial charge in [0.2, 0.25) is 0 Å². The Morgan fingerprint density at radius 3 is 2.60 bits per heavy atom. The smallest absolute Gasteiger partial charge is 0.372 e. The van der Waals surface area contributed by atoms with Crippen LogP contribution < -0.4 is 15.6 Å². The molecule has 0 bridgehead atoms. The molecule has 7 rings (SSSR count). The van der Waals surface area contributed by atoms with Gasteiger partial charge in [-0.05, 0) is 96.6 Å². The van der Waals surface area contributed by atoms with Gasteiger partial charge in [0.05, 0.1) is 28.1 Å². The number of piperidine rings is 1. The molecule has 2 aliphatic rings. The number of benzene rings is 3. The van der Waals surface area contributed by atoms with E-state index in [-0.39, 0.29) is 16.8 Å². The Labute approximate surface area is 303 Å². The lowest BCUT2D eigenvalue weighted by Crippen LogP contribution is -2.30. The van der Waals surface area contributed by atoms with Gasteiger partial charge in [-0.2, -0.15) is 18.3 Å². The highest BCUT2D eigenvalue weighted by atomic mass is 35.5. The predicted molar refractivity (Wildman–Crippen MR) is 196 cm³/mol. The Morgan fingerprint density at radius 1 is 0.923 bits per heavy atom. The van der Waals surface area contributed by atoms with Gasteiger partial charge in [0.15, 0.2) is 5.65 Å². The van der Waals surface area contributed by atoms with Crippen molar-refractivity contribution < 1.29 is 22.8 Å². The summed E-state index contributed by atoms with van der Waals surface area (Å²) in [6, 6.07) is 22.1. The van der Waals surface area contributed by atoms with Crippen molar-refractivity contribution in [3.8, 4) is 0 Å². The van der Waals surface area contributed by atoms with Gasteiger partial charge in [0, 0.05) is 67.7 Å². The Kier molecular flexibility index (Phi) is 10.2. The topological polar surface area (TPSA) is 103 Å². The zero-order valence-corrected chi connectivity index (χ0v) is 28.8. The van der Waals surface area contributed by atoms with E-state index in [2.05, 4.69) is 36.7 Å². The van der Waals surface area contributed by atoms with Gasteiger partial charge in [-0.1, -0.05) is 29.8 Å². The number of hydrogen-bond donors (Lipinski definition) is 2. The summed E-state index contributed by atoms with van der Waals surface area (Å²) in [5.74, 6) is -1.02. The molecule has 266 valence electrons. The van der Waals surface area contributed by atoms with E-state index in [1.54, 1.807) is 24.4 Å². The Balaban J connectivity index is 1.07. The second-order valence-electron chi connectivity index (χ2n) is 13.0. The maximum atomic E-state index is 13.6. The Hall–Kier alpha value is -5.33. The summed E-state index contributed by atoms with van der Waals surface area (Å²) < 4.78 is 40.0. The van der Waals surface area contributed by atoms with Crippen LogP contribution in [0.2, 0.25) is 5.02 Å². The van der Waals surface area contributed by atoms with E-state index in [4.69, 9.17) is 16.6 Å². The van der Waals surface area contributed by atoms with Gasteiger partial charge < -0.3 is 10.2 Å². The molecule has 52 heavy (non-hydrogen) atoms. The summed E-state index contributed by atoms with van der Waals surface area (Å²) in [7, 11) is 0. The highest BCUT2D eigenvalue weighted by molar-refractivity contribution is 6.31. The molecule has 0 saturated carbocycles. The van der Waals surface area contributed by atoms with Crippen LogP contribution in [0.1, 0.15) is 67.9 Å². The molecule has 5 aromatic rings. The zero-order chi connectivity index (χ0) is 36.2. The average molecular weight is 726 g/mol. The summed E-state index contributed by atoms with van der Waals surface area (Å²) in [5.41, 5.74) is 7.16. The number of hydrazone groups is 1. The molecule has 1 saturated heterocycles. The molecule has 0 spiro atoms. The quantitative estimate of drug-likeness (QED) is 0.125. The van der Waals surface area contributed by atoms with E-state index in [0.717, 1.165) is 98.2 Å². The first-order valence-corrected chi connectivity index (χ1v) is 17.4. The third-order valence-electron chi connectivity index (χ3n) is 9.30. The van der Waals surface area contributed by atoms with Crippen molar-refractivity contribution in [3.05, 3.63) is 129 Å². The van der Waals surface area contributed by atoms with Crippen molar-refractivity contribution in [2.24, 2.45) is 5.10 Å². The minimum absolute atomic E-state index is 0.101. The van der Waals surface area contributed by atoms with Crippen LogP contribution in [0.4, 0.5) is 24.5 Å². The van der Waals surface area contributed by atoms with Crippen LogP contribution in [0.15, 0.2) is 90.2 Å². The molecule has 2 N–H and O–H groups in total. The van der Waals surface area contributed by atoms with Crippen molar-refractivity contribution in [2.45, 2.75) is 44.9 Å². The number of fused-ring (bicyclic) bond motifs is 2. The molecule has 0 unspecified atom stereocenters. The minimum atomic E-state index is -4.64. The van der Waals surface area contributed by atoms with E-state index >= 15 is 0 Å². The fraction of sp³-hybridized carbons (Fsp3) is 0.256. The number of rotatable bonds is 8. The van der Waals surface area contributed by atoms with Crippen LogP contribution in [0.5, 0.6) is 0 Å². The molecule has 0 radical (unpaired) electrons. The number of halogens is 4. The second-order valence-corrected chi connectivity index (χ2v) is 13.4. The van der Waals surface area contributed by atoms with Crippen LogP contribution in [0, 0.1) is 0 Å². The third kappa shape index (κ3) is 8.08. The van der Waals surface area contributed by atoms with E-state index in [0.29, 0.717) is 12.1 Å². The first-order chi connectivity index (χ1) is 25.1. The van der Waals surface area contributed by atoms with Gasteiger partial charge in [-0.3, -0.25) is 14.5 Å². The number of hydrogen-bond acceptors (Lipinski definition) is 7. The monoisotopic (exact) mass is 725 g/mol. The largest absolute Gasteiger partial charge is 0.417 e. The zero-order valence-electron chi connectivity index (χ0n) is 28.1. The number of amides is 2. The molecule has 3 aromatic carbocycles. The number of carbonyl (C=O) groups is 2. The summed E-state index contributed by atoms with van der Waals surface area (Å²) in [6.07, 6.45) is 2.20. The normalized spacial score (nSPS) is 15.1. The number of pyridine rings is 2. The van der Waals surface area contributed by atoms with Gasteiger partial charge in [0.1, 0.15) is 0 Å². The summed E-state index contributed by atoms with van der Waals surface area (Å²) in [5, 5.41) is 7.39. The van der Waals surface area contributed by atoms with Crippen molar-refractivity contribution >= 4 is 52.0 Å². The van der Waals surface area contributed by atoms with Crippen LogP contribution in [-0.2, 0) is 25.7 Å². The molecule has 0 atom stereocenters. The first kappa shape index (κ1) is 35.1. The Bertz CT molecular complexity index is 2170. The van der Waals surface area contributed by atoms with Gasteiger partial charge in [0.25, 0.3) is 11.8 Å². The molecular weight excluding hydrogens is 691 g/mol. The molecule has 4 heterocycles. The molecule has 2 aliphatic heterocycles. The standard InChI is InChI=1S/C39H35ClF3N7O2/c40-33-11-9-25(19-32(33)39(41,42)43)22-45-48-38(52)31-21-30(50-15-2-1-3-16-50)10-12-35(31)47-37(51)28-7-4-6-26(18-28)23-49-17-13-34-29(24-49)20-27-8-5-14-44-36(27)46-34/h4-12,14,18-22H,1-3,13,15-17,23-24H2,(H,47,51)(H,48,52)/b45-22+. The number of nitrogens with zero attached hydrogens (tertiary/aromatic N) is 5. The number of carbonyl (C=O) groups excluding carboxylic acids is 2. The minimum Gasteiger partial charge on any atom is -0.372 e. The second kappa shape index (κ2) is 15.1. The number of alkyl halides is 3. The lowest BCUT2D eigenvalue weighted by molar-refractivity contribution is -0.137. The number of aromatic nitrogens is 2. The average Bonchev–Trinajstić information content (AvgIpc) is 3.14. The Morgan fingerprint density at radius 2 is 1.77 bits per heavy atom. The van der Waals surface area contributed by atoms with Crippen LogP contribution in [0.3, 0.4) is 0 Å². The van der Waals surface area contributed by atoms with Gasteiger partial charge in [-0.25, -0.2) is 15.4 Å². The lowest BCUT2D eigenvalue weighted by atomic mass is 10.0. The van der Waals surface area contributed by atoms with Crippen LogP contribution >= 0.6 is 11.6 Å². The van der Waals surface area contributed by atoms with E-state index in [9.17, 15) is 22.8 Å². The molecule has 2 amide bonds. The summed E-state index contributed by atoms with van der Waals surface area (Å²) in [4.78, 5) is 40.8. The number of nitrogens with one attached hydrogen (secondary N) is 2. The third-order valence-corrected chi connectivity index (χ3v) is 9.63. The summed E-state index contributed by atoms with van der Waals surface area (Å²) in [6.45, 7) is 3.86. The molecular formula is C39H35ClF3N7O2. The van der Waals surface area contributed by atoms with Crippen molar-refractivity contribution in [1.82, 2.24) is 20.3 Å². The maximum absolute atomic E-state index is 13.6. The highest BCUT2D eigenvalue weighted by Crippen LogP contribution is 2.35. The fourth-order valence-electron chi connectivity index (χ4n) is 6.67. The van der Waals surface area contributed by atoms with E-state index in [1.165, 1.54) is 11.6 Å². The highest BCUT2D eigenvalue weighted by Gasteiger charge is 2.33. The molecule has 0 aliphatic carbocycles. The van der Waals surface area contributed by atoms with Crippen molar-refractivity contribution in [3.63, 3.8) is 0 Å². The molecule has 2 aromatic heterocycles. The molecule has 9 nitrogen and oxygen atoms in total.